The third kappa shape index (κ3) is 6.40. The fourth-order valence-corrected chi connectivity index (χ4v) is 5.33. The number of likely N-dealkylation sites (tertiary alicyclic amines) is 1. The summed E-state index contributed by atoms with van der Waals surface area (Å²) >= 11 is 1.56. The van der Waals surface area contributed by atoms with Gasteiger partial charge in [-0.1, -0.05) is 35.6 Å². The molecular formula is C25H32Cl2N4O2S. The minimum absolute atomic E-state index is 0. The zero-order chi connectivity index (χ0) is 21.9. The first-order chi connectivity index (χ1) is 15.6. The lowest BCUT2D eigenvalue weighted by molar-refractivity contribution is -0.128. The average Bonchev–Trinajstić information content (AvgIpc) is 3.21. The van der Waals surface area contributed by atoms with Crippen LogP contribution in [0, 0.1) is 11.8 Å². The molecule has 2 fully saturated rings. The Balaban J connectivity index is 0.00000162. The summed E-state index contributed by atoms with van der Waals surface area (Å²) in [5, 5.41) is 3.80. The first kappa shape index (κ1) is 26.7. The lowest BCUT2D eigenvalue weighted by atomic mass is 9.79. The minimum Gasteiger partial charge on any atom is -0.431 e. The Labute approximate surface area is 217 Å². The maximum absolute atomic E-state index is 12.2. The number of benzene rings is 2. The van der Waals surface area contributed by atoms with E-state index in [1.54, 1.807) is 11.3 Å². The van der Waals surface area contributed by atoms with Crippen LogP contribution in [0.3, 0.4) is 0 Å². The molecule has 1 aromatic heterocycles. The third-order valence-corrected chi connectivity index (χ3v) is 7.66. The number of rotatable bonds is 7. The lowest BCUT2D eigenvalue weighted by Crippen LogP contribution is -2.49. The van der Waals surface area contributed by atoms with Gasteiger partial charge in [-0.15, -0.1) is 24.8 Å². The van der Waals surface area contributed by atoms with Crippen molar-refractivity contribution in [1.29, 1.82) is 0 Å². The van der Waals surface area contributed by atoms with Gasteiger partial charge in [-0.25, -0.2) is 4.98 Å². The average molecular weight is 524 g/mol. The van der Waals surface area contributed by atoms with Gasteiger partial charge in [0.25, 0.3) is 5.19 Å². The van der Waals surface area contributed by atoms with Crippen molar-refractivity contribution in [3.05, 3.63) is 54.1 Å². The molecule has 2 unspecified atom stereocenters. The maximum atomic E-state index is 12.2. The molecule has 0 bridgehead atoms. The SMILES string of the molecule is Cl.Cl.NC1CCC1C(=O)NCC1CCN(Cc2ccc(Oc3nc4ccccc4s3)cc2)CC1. The molecule has 184 valence electrons. The quantitative estimate of drug-likeness (QED) is 0.456. The van der Waals surface area contributed by atoms with Crippen LogP contribution < -0.4 is 15.8 Å². The molecule has 34 heavy (non-hydrogen) atoms. The first-order valence-electron chi connectivity index (χ1n) is 11.5. The Bertz CT molecular complexity index is 1040. The number of carbonyl (C=O) groups excluding carboxylic acids is 1. The van der Waals surface area contributed by atoms with E-state index in [0.717, 1.165) is 67.8 Å². The van der Waals surface area contributed by atoms with E-state index in [1.807, 2.05) is 30.3 Å². The molecule has 1 aliphatic carbocycles. The lowest BCUT2D eigenvalue weighted by Gasteiger charge is -2.34. The molecule has 2 aliphatic rings. The molecule has 1 amide bonds. The van der Waals surface area contributed by atoms with Crippen LogP contribution in [0.1, 0.15) is 31.2 Å². The highest BCUT2D eigenvalue weighted by molar-refractivity contribution is 7.20. The van der Waals surface area contributed by atoms with Gasteiger partial charge in [-0.2, -0.15) is 0 Å². The van der Waals surface area contributed by atoms with Crippen molar-refractivity contribution in [3.8, 4) is 10.9 Å². The fourth-order valence-electron chi connectivity index (χ4n) is 4.49. The highest BCUT2D eigenvalue weighted by Crippen LogP contribution is 2.31. The number of para-hydroxylation sites is 1. The van der Waals surface area contributed by atoms with Crippen molar-refractivity contribution >= 4 is 52.3 Å². The zero-order valence-corrected chi connectivity index (χ0v) is 21.5. The summed E-state index contributed by atoms with van der Waals surface area (Å²) in [5.74, 6) is 1.57. The van der Waals surface area contributed by atoms with Gasteiger partial charge in [0, 0.05) is 19.1 Å². The summed E-state index contributed by atoms with van der Waals surface area (Å²) in [6.45, 7) is 3.85. The van der Waals surface area contributed by atoms with E-state index < -0.39 is 0 Å². The monoisotopic (exact) mass is 522 g/mol. The van der Waals surface area contributed by atoms with E-state index in [2.05, 4.69) is 33.4 Å². The molecule has 2 heterocycles. The number of ether oxygens (including phenoxy) is 1. The second-order valence-corrected chi connectivity index (χ2v) is 10.00. The van der Waals surface area contributed by atoms with Crippen molar-refractivity contribution < 1.29 is 9.53 Å². The van der Waals surface area contributed by atoms with Crippen molar-refractivity contribution in [1.82, 2.24) is 15.2 Å². The van der Waals surface area contributed by atoms with Crippen LogP contribution >= 0.6 is 36.2 Å². The zero-order valence-electron chi connectivity index (χ0n) is 19.0. The molecule has 5 rings (SSSR count). The van der Waals surface area contributed by atoms with Gasteiger partial charge in [0.2, 0.25) is 5.91 Å². The summed E-state index contributed by atoms with van der Waals surface area (Å²) < 4.78 is 7.09. The molecule has 0 radical (unpaired) electrons. The number of aromatic nitrogens is 1. The van der Waals surface area contributed by atoms with Crippen LogP contribution in [0.4, 0.5) is 0 Å². The van der Waals surface area contributed by atoms with E-state index in [1.165, 1.54) is 5.56 Å². The molecule has 1 saturated heterocycles. The number of nitrogens with two attached hydrogens (primary N) is 1. The Morgan fingerprint density at radius 2 is 1.79 bits per heavy atom. The van der Waals surface area contributed by atoms with Crippen molar-refractivity contribution in [2.75, 3.05) is 19.6 Å². The molecule has 0 spiro atoms. The predicted octanol–water partition coefficient (Wildman–Crippen LogP) is 5.00. The van der Waals surface area contributed by atoms with Gasteiger partial charge in [0.05, 0.1) is 16.1 Å². The molecule has 2 aromatic carbocycles. The molecule has 2 atom stereocenters. The van der Waals surface area contributed by atoms with Crippen LogP contribution in [0.5, 0.6) is 10.9 Å². The van der Waals surface area contributed by atoms with E-state index in [0.29, 0.717) is 11.1 Å². The summed E-state index contributed by atoms with van der Waals surface area (Å²) in [7, 11) is 0. The Kier molecular flexibility index (Phi) is 9.56. The highest BCUT2D eigenvalue weighted by Gasteiger charge is 2.33. The third-order valence-electron chi connectivity index (χ3n) is 6.75. The number of hydrogen-bond acceptors (Lipinski definition) is 6. The van der Waals surface area contributed by atoms with Gasteiger partial charge in [-0.3, -0.25) is 9.69 Å². The van der Waals surface area contributed by atoms with E-state index in [4.69, 9.17) is 10.5 Å². The molecule has 6 nitrogen and oxygen atoms in total. The van der Waals surface area contributed by atoms with Gasteiger partial charge in [0.15, 0.2) is 0 Å². The molecule has 3 N–H and O–H groups in total. The number of halogens is 2. The summed E-state index contributed by atoms with van der Waals surface area (Å²) in [6.07, 6.45) is 4.16. The maximum Gasteiger partial charge on any atom is 0.279 e. The number of hydrogen-bond donors (Lipinski definition) is 2. The number of nitrogens with zero attached hydrogens (tertiary/aromatic N) is 2. The van der Waals surface area contributed by atoms with Crippen molar-refractivity contribution in [2.45, 2.75) is 38.3 Å². The fraction of sp³-hybridized carbons (Fsp3) is 0.440. The van der Waals surface area contributed by atoms with Gasteiger partial charge < -0.3 is 15.8 Å². The molecule has 1 aliphatic heterocycles. The number of amides is 1. The van der Waals surface area contributed by atoms with Gasteiger partial charge in [0.1, 0.15) is 5.75 Å². The molecular weight excluding hydrogens is 491 g/mol. The van der Waals surface area contributed by atoms with E-state index in [9.17, 15) is 4.79 Å². The predicted molar refractivity (Wildman–Crippen MR) is 142 cm³/mol. The summed E-state index contributed by atoms with van der Waals surface area (Å²) in [6, 6.07) is 16.5. The summed E-state index contributed by atoms with van der Waals surface area (Å²) in [4.78, 5) is 19.2. The van der Waals surface area contributed by atoms with Crippen LogP contribution in [0.15, 0.2) is 48.5 Å². The second-order valence-electron chi connectivity index (χ2n) is 9.01. The van der Waals surface area contributed by atoms with E-state index >= 15 is 0 Å². The number of thiazole rings is 1. The van der Waals surface area contributed by atoms with Crippen LogP contribution in [0.2, 0.25) is 0 Å². The topological polar surface area (TPSA) is 80.5 Å². The summed E-state index contributed by atoms with van der Waals surface area (Å²) in [5.41, 5.74) is 8.17. The van der Waals surface area contributed by atoms with Gasteiger partial charge >= 0.3 is 0 Å². The van der Waals surface area contributed by atoms with Crippen molar-refractivity contribution in [2.24, 2.45) is 17.6 Å². The van der Waals surface area contributed by atoms with Crippen molar-refractivity contribution in [3.63, 3.8) is 0 Å². The highest BCUT2D eigenvalue weighted by atomic mass is 35.5. The smallest absolute Gasteiger partial charge is 0.279 e. The van der Waals surface area contributed by atoms with Gasteiger partial charge in [-0.05, 0) is 74.5 Å². The van der Waals surface area contributed by atoms with Crippen LogP contribution in [0.25, 0.3) is 10.2 Å². The Morgan fingerprint density at radius 1 is 1.06 bits per heavy atom. The normalized spacial score (nSPS) is 20.6. The number of carbonyl (C=O) groups is 1. The molecule has 3 aromatic rings. The molecule has 9 heteroatoms. The second kappa shape index (κ2) is 12.2. The van der Waals surface area contributed by atoms with E-state index in [-0.39, 0.29) is 42.7 Å². The molecule has 1 saturated carbocycles. The Hall–Kier alpha value is -1.90. The number of fused-ring (bicyclic) bond motifs is 1. The largest absolute Gasteiger partial charge is 0.431 e. The first-order valence-corrected chi connectivity index (χ1v) is 12.3. The minimum atomic E-state index is 0. The van der Waals surface area contributed by atoms with Crippen LogP contribution in [-0.4, -0.2) is 41.5 Å². The number of nitrogens with one attached hydrogen (secondary N) is 1. The standard InChI is InChI=1S/C25H30N4O2S.2ClH/c26-21-10-9-20(21)24(30)27-15-17-11-13-29(14-12-17)16-18-5-7-19(8-6-18)31-25-28-22-3-1-2-4-23(22)32-25;;/h1-8,17,20-21H,9-16,26H2,(H,27,30);2*1H. The Morgan fingerprint density at radius 3 is 2.44 bits per heavy atom. The number of piperidine rings is 1. The van der Waals surface area contributed by atoms with Crippen LogP contribution in [-0.2, 0) is 11.3 Å².